The maximum atomic E-state index is 13.2. The average molecular weight is 533 g/mol. The number of aromatic nitrogens is 4. The molecule has 0 spiro atoms. The molecular formula is C31H44N6O2. The number of fused-ring (bicyclic) bond motifs is 1. The van der Waals surface area contributed by atoms with Crippen molar-refractivity contribution in [2.75, 3.05) is 18.4 Å². The molecule has 3 aromatic rings. The van der Waals surface area contributed by atoms with Crippen molar-refractivity contribution in [3.63, 3.8) is 0 Å². The Kier molecular flexibility index (Phi) is 7.94. The fraction of sp³-hybridized carbons (Fsp3) is 0.613. The van der Waals surface area contributed by atoms with Gasteiger partial charge in [0.15, 0.2) is 0 Å². The van der Waals surface area contributed by atoms with Crippen LogP contribution in [0, 0.1) is 13.8 Å². The number of hydrogen-bond acceptors (Lipinski definition) is 6. The van der Waals surface area contributed by atoms with Crippen molar-refractivity contribution in [1.82, 2.24) is 24.4 Å². The summed E-state index contributed by atoms with van der Waals surface area (Å²) in [5.74, 6) is 1.12. The molecular weight excluding hydrogens is 488 g/mol. The molecule has 8 heteroatoms. The molecule has 39 heavy (non-hydrogen) atoms. The number of aliphatic hydroxyl groups is 1. The van der Waals surface area contributed by atoms with E-state index in [0.717, 1.165) is 92.4 Å². The van der Waals surface area contributed by atoms with Crippen LogP contribution in [0.25, 0.3) is 11.0 Å². The molecule has 0 aromatic carbocycles. The number of aliphatic hydroxyl groups excluding tert-OH is 1. The third-order valence-corrected chi connectivity index (χ3v) is 8.54. The zero-order valence-corrected chi connectivity index (χ0v) is 24.2. The molecule has 0 radical (unpaired) electrons. The number of aryl methyl sites for hydroxylation is 2. The topological polar surface area (TPSA) is 96.2 Å². The molecule has 1 saturated heterocycles. The second-order valence-electron chi connectivity index (χ2n) is 12.3. The lowest BCUT2D eigenvalue weighted by atomic mass is 9.89. The first-order valence-electron chi connectivity index (χ1n) is 14.7. The van der Waals surface area contributed by atoms with E-state index in [1.165, 1.54) is 5.56 Å². The number of amides is 1. The predicted octanol–water partition coefficient (Wildman–Crippen LogP) is 5.93. The van der Waals surface area contributed by atoms with Crippen LogP contribution >= 0.6 is 0 Å². The van der Waals surface area contributed by atoms with Crippen LogP contribution in [0.1, 0.15) is 111 Å². The Labute approximate surface area is 232 Å². The second kappa shape index (κ2) is 11.2. The van der Waals surface area contributed by atoms with E-state index in [4.69, 9.17) is 9.97 Å². The van der Waals surface area contributed by atoms with Crippen molar-refractivity contribution in [3.05, 3.63) is 47.0 Å². The highest BCUT2D eigenvalue weighted by Gasteiger charge is 2.30. The van der Waals surface area contributed by atoms with E-state index in [2.05, 4.69) is 41.8 Å². The highest BCUT2D eigenvalue weighted by Crippen LogP contribution is 2.38. The lowest BCUT2D eigenvalue weighted by molar-refractivity contribution is 0.0712. The molecule has 0 unspecified atom stereocenters. The van der Waals surface area contributed by atoms with Gasteiger partial charge in [0.05, 0.1) is 6.10 Å². The zero-order chi connectivity index (χ0) is 27.7. The molecule has 4 heterocycles. The monoisotopic (exact) mass is 532 g/mol. The van der Waals surface area contributed by atoms with Gasteiger partial charge in [-0.2, -0.15) is 4.98 Å². The van der Waals surface area contributed by atoms with Gasteiger partial charge in [-0.25, -0.2) is 4.98 Å². The van der Waals surface area contributed by atoms with Crippen LogP contribution in [0.2, 0.25) is 0 Å². The van der Waals surface area contributed by atoms with Crippen LogP contribution in [0.5, 0.6) is 0 Å². The number of likely N-dealkylation sites (tertiary alicyclic amines) is 1. The fourth-order valence-electron chi connectivity index (χ4n) is 6.58. The Hall–Kier alpha value is -3.00. The number of piperidine rings is 1. The summed E-state index contributed by atoms with van der Waals surface area (Å²) in [7, 11) is 0. The number of rotatable bonds is 7. The van der Waals surface area contributed by atoms with Gasteiger partial charge >= 0.3 is 0 Å². The van der Waals surface area contributed by atoms with Gasteiger partial charge in [-0.15, -0.1) is 0 Å². The largest absolute Gasteiger partial charge is 0.393 e. The first kappa shape index (κ1) is 27.6. The van der Waals surface area contributed by atoms with Gasteiger partial charge in [0, 0.05) is 59.4 Å². The van der Waals surface area contributed by atoms with E-state index >= 15 is 0 Å². The van der Waals surface area contributed by atoms with E-state index in [-0.39, 0.29) is 17.6 Å². The zero-order valence-electron chi connectivity index (χ0n) is 24.2. The van der Waals surface area contributed by atoms with Crippen LogP contribution in [0.15, 0.2) is 24.5 Å². The SMILES string of the molecule is CCCC(C)(C)Nc1ncc2c(C3CCN(C(=O)c4cc(C)nc(C)c4)CC3)cn([C@H]3CC[C@H](O)CC3)c2n1. The summed E-state index contributed by atoms with van der Waals surface area (Å²) in [5.41, 5.74) is 4.68. The molecule has 0 atom stereocenters. The highest BCUT2D eigenvalue weighted by molar-refractivity contribution is 5.94. The van der Waals surface area contributed by atoms with E-state index in [9.17, 15) is 9.90 Å². The first-order chi connectivity index (χ1) is 18.6. The summed E-state index contributed by atoms with van der Waals surface area (Å²) >= 11 is 0. The molecule has 1 saturated carbocycles. The van der Waals surface area contributed by atoms with Crippen LogP contribution in [0.3, 0.4) is 0 Å². The molecule has 210 valence electrons. The predicted molar refractivity (Wildman–Crippen MR) is 155 cm³/mol. The Bertz CT molecular complexity index is 1300. The molecule has 0 bridgehead atoms. The van der Waals surface area contributed by atoms with Gasteiger partial charge in [0.1, 0.15) is 5.65 Å². The lowest BCUT2D eigenvalue weighted by Crippen LogP contribution is -2.38. The molecule has 2 fully saturated rings. The summed E-state index contributed by atoms with van der Waals surface area (Å²) in [6, 6.07) is 4.11. The lowest BCUT2D eigenvalue weighted by Gasteiger charge is -2.32. The van der Waals surface area contributed by atoms with Crippen LogP contribution in [0.4, 0.5) is 5.95 Å². The third-order valence-electron chi connectivity index (χ3n) is 8.54. The quantitative estimate of drug-likeness (QED) is 0.392. The van der Waals surface area contributed by atoms with Crippen LogP contribution in [-0.4, -0.2) is 60.2 Å². The number of carbonyl (C=O) groups is 1. The minimum atomic E-state index is -0.195. The number of carbonyl (C=O) groups excluding carboxylic acids is 1. The molecule has 8 nitrogen and oxygen atoms in total. The number of hydrogen-bond donors (Lipinski definition) is 2. The van der Waals surface area contributed by atoms with Crippen molar-refractivity contribution in [1.29, 1.82) is 0 Å². The number of anilines is 1. The van der Waals surface area contributed by atoms with E-state index in [0.29, 0.717) is 17.9 Å². The van der Waals surface area contributed by atoms with Crippen molar-refractivity contribution >= 4 is 22.9 Å². The number of nitrogens with zero attached hydrogens (tertiary/aromatic N) is 5. The smallest absolute Gasteiger partial charge is 0.253 e. The van der Waals surface area contributed by atoms with Gasteiger partial charge in [-0.05, 0) is 96.3 Å². The summed E-state index contributed by atoms with van der Waals surface area (Å²) in [4.78, 5) is 29.5. The normalized spacial score (nSPS) is 20.9. The number of pyridine rings is 1. The maximum Gasteiger partial charge on any atom is 0.253 e. The average Bonchev–Trinajstić information content (AvgIpc) is 3.26. The Morgan fingerprint density at radius 2 is 1.72 bits per heavy atom. The molecule has 5 rings (SSSR count). The number of nitrogens with one attached hydrogen (secondary N) is 1. The highest BCUT2D eigenvalue weighted by atomic mass is 16.3. The minimum absolute atomic E-state index is 0.0805. The molecule has 1 aliphatic carbocycles. The van der Waals surface area contributed by atoms with Gasteiger partial charge in [0.25, 0.3) is 5.91 Å². The van der Waals surface area contributed by atoms with E-state index < -0.39 is 0 Å². The molecule has 2 aliphatic rings. The molecule has 2 N–H and O–H groups in total. The Balaban J connectivity index is 1.40. The van der Waals surface area contributed by atoms with E-state index in [1.54, 1.807) is 0 Å². The van der Waals surface area contributed by atoms with Crippen LogP contribution in [-0.2, 0) is 0 Å². The van der Waals surface area contributed by atoms with Crippen LogP contribution < -0.4 is 5.32 Å². The second-order valence-corrected chi connectivity index (χ2v) is 12.3. The van der Waals surface area contributed by atoms with Crippen molar-refractivity contribution in [3.8, 4) is 0 Å². The summed E-state index contributed by atoms with van der Waals surface area (Å²) in [6.45, 7) is 11.9. The third kappa shape index (κ3) is 6.11. The minimum Gasteiger partial charge on any atom is -0.393 e. The molecule has 1 aliphatic heterocycles. The Morgan fingerprint density at radius 3 is 2.36 bits per heavy atom. The van der Waals surface area contributed by atoms with Crippen molar-refractivity contribution < 1.29 is 9.90 Å². The maximum absolute atomic E-state index is 13.2. The Morgan fingerprint density at radius 1 is 1.05 bits per heavy atom. The van der Waals surface area contributed by atoms with Gasteiger partial charge in [-0.3, -0.25) is 9.78 Å². The molecule has 1 amide bonds. The van der Waals surface area contributed by atoms with Gasteiger partial charge in [-0.1, -0.05) is 13.3 Å². The summed E-state index contributed by atoms with van der Waals surface area (Å²) in [6.07, 6.45) is 11.6. The van der Waals surface area contributed by atoms with Gasteiger partial charge < -0.3 is 19.9 Å². The van der Waals surface area contributed by atoms with Crippen molar-refractivity contribution in [2.45, 2.75) is 110 Å². The first-order valence-corrected chi connectivity index (χ1v) is 14.7. The van der Waals surface area contributed by atoms with Gasteiger partial charge in [0.2, 0.25) is 5.95 Å². The van der Waals surface area contributed by atoms with Crippen molar-refractivity contribution in [2.24, 2.45) is 0 Å². The summed E-state index contributed by atoms with van der Waals surface area (Å²) < 4.78 is 2.36. The van der Waals surface area contributed by atoms with E-state index in [1.807, 2.05) is 37.1 Å². The molecule has 3 aromatic heterocycles. The standard InChI is InChI=1S/C31H44N6O2/c1-6-13-31(4,5)35-30-32-18-26-27(19-37(28(26)34-30)24-7-9-25(38)10-8-24)22-11-14-36(15-12-22)29(39)23-16-20(2)33-21(3)17-23/h16-19,22,24-25,38H,6-15H2,1-5H3,(H,32,34,35)/t24-,25-. The summed E-state index contributed by atoms with van der Waals surface area (Å²) in [5, 5.41) is 14.8. The fourth-order valence-corrected chi connectivity index (χ4v) is 6.58.